The smallest absolute Gasteiger partial charge is 0.241 e. The summed E-state index contributed by atoms with van der Waals surface area (Å²) in [4.78, 5) is 16.3. The first-order valence-corrected chi connectivity index (χ1v) is 23.3. The predicted molar refractivity (Wildman–Crippen MR) is 253 cm³/mol. The number of rotatable bonds is 16. The Labute approximate surface area is 376 Å². The Morgan fingerprint density at radius 1 is 0.750 bits per heavy atom. The van der Waals surface area contributed by atoms with Crippen LogP contribution in [0.15, 0.2) is 175 Å². The zero-order valence-corrected chi connectivity index (χ0v) is 37.2. The molecule has 328 valence electrons. The molecule has 0 radical (unpaired) electrons. The molecule has 1 amide bonds. The van der Waals surface area contributed by atoms with E-state index in [0.717, 1.165) is 44.5 Å². The summed E-state index contributed by atoms with van der Waals surface area (Å²) in [5.41, 5.74) is 8.53. The summed E-state index contributed by atoms with van der Waals surface area (Å²) >= 11 is 0. The maximum Gasteiger partial charge on any atom is 0.241 e. The highest BCUT2D eigenvalue weighted by Crippen LogP contribution is 2.39. The number of nitrogens with zero attached hydrogens (tertiary/aromatic N) is 1. The molecule has 3 N–H and O–H groups in total. The summed E-state index contributed by atoms with van der Waals surface area (Å²) in [5.74, 6) is -0.427. The van der Waals surface area contributed by atoms with Crippen LogP contribution >= 0.6 is 0 Å². The minimum Gasteiger partial charge on any atom is -0.392 e. The van der Waals surface area contributed by atoms with Crippen molar-refractivity contribution in [2.75, 3.05) is 13.6 Å². The van der Waals surface area contributed by atoms with Crippen molar-refractivity contribution >= 4 is 26.7 Å². The third-order valence-corrected chi connectivity index (χ3v) is 13.7. The van der Waals surface area contributed by atoms with Gasteiger partial charge in [0.05, 0.1) is 23.7 Å². The highest BCUT2D eigenvalue weighted by atomic mass is 32.2. The zero-order chi connectivity index (χ0) is 44.6. The number of ether oxygens (including phenoxy) is 2. The van der Waals surface area contributed by atoms with Gasteiger partial charge in [-0.25, -0.2) is 8.42 Å². The molecular formula is C54H55N3O6S. The number of hydrogen-bond donors (Lipinski definition) is 3. The first kappa shape index (κ1) is 44.6. The number of likely N-dealkylation sites (N-methyl/N-ethyl adjacent to an activating group) is 1. The van der Waals surface area contributed by atoms with Gasteiger partial charge in [0.2, 0.25) is 15.9 Å². The molecule has 0 aromatic heterocycles. The highest BCUT2D eigenvalue weighted by Gasteiger charge is 2.34. The fourth-order valence-corrected chi connectivity index (χ4v) is 9.52. The molecule has 1 saturated heterocycles. The van der Waals surface area contributed by atoms with Gasteiger partial charge in [-0.2, -0.15) is 4.72 Å². The summed E-state index contributed by atoms with van der Waals surface area (Å²) in [6, 6.07) is 54.1. The Bertz CT molecular complexity index is 2760. The molecule has 8 rings (SSSR count). The Morgan fingerprint density at radius 3 is 2.16 bits per heavy atom. The van der Waals surface area contributed by atoms with E-state index in [1.165, 1.54) is 16.3 Å². The van der Waals surface area contributed by atoms with E-state index in [4.69, 9.17) is 9.47 Å². The Kier molecular flexibility index (Phi) is 14.1. The first-order valence-electron chi connectivity index (χ1n) is 21.8. The molecule has 0 aliphatic carbocycles. The minimum absolute atomic E-state index is 0.0235. The van der Waals surface area contributed by atoms with Gasteiger partial charge in [-0.15, -0.1) is 0 Å². The van der Waals surface area contributed by atoms with Gasteiger partial charge in [-0.1, -0.05) is 157 Å². The summed E-state index contributed by atoms with van der Waals surface area (Å²) in [5, 5.41) is 15.2. The number of sulfonamides is 1. The molecule has 10 heteroatoms. The number of carbonyl (C=O) groups is 1. The normalized spacial score (nSPS) is 17.5. The molecule has 0 spiro atoms. The summed E-state index contributed by atoms with van der Waals surface area (Å²) in [6.45, 7) is 4.97. The van der Waals surface area contributed by atoms with E-state index in [1.807, 2.05) is 110 Å². The summed E-state index contributed by atoms with van der Waals surface area (Å²) in [7, 11) is -1.85. The third-order valence-electron chi connectivity index (χ3n) is 12.2. The van der Waals surface area contributed by atoms with E-state index >= 15 is 0 Å². The van der Waals surface area contributed by atoms with E-state index in [1.54, 1.807) is 24.3 Å². The van der Waals surface area contributed by atoms with E-state index in [0.29, 0.717) is 13.0 Å². The third kappa shape index (κ3) is 10.8. The van der Waals surface area contributed by atoms with Crippen LogP contribution in [0.1, 0.15) is 70.7 Å². The molecule has 0 saturated carbocycles. The van der Waals surface area contributed by atoms with Crippen LogP contribution in [-0.4, -0.2) is 50.1 Å². The van der Waals surface area contributed by atoms with Gasteiger partial charge >= 0.3 is 0 Å². The second kappa shape index (κ2) is 20.2. The molecule has 7 aromatic carbocycles. The van der Waals surface area contributed by atoms with Gasteiger partial charge in [-0.3, -0.25) is 9.69 Å². The Hall–Kier alpha value is -5.98. The van der Waals surface area contributed by atoms with Gasteiger partial charge in [0, 0.05) is 31.1 Å². The number of hydrogen-bond acceptors (Lipinski definition) is 7. The second-order valence-electron chi connectivity index (χ2n) is 16.7. The average molecular weight is 874 g/mol. The fourth-order valence-electron chi connectivity index (χ4n) is 8.33. The van der Waals surface area contributed by atoms with Crippen LogP contribution in [0.5, 0.6) is 0 Å². The SMILES string of the molecule is Cc1ccc(S(=O)(=O)N[C@H](Cc2ccccc2)C(=O)NCc2ccccc2-c2ccc([C@H]3O[C@@H](CN(C)[C@H](C)c4ccc5ccccc5c4)C[C@@H](c4ccc(CO)cc4)O3)cc2)cc1. The number of aliphatic hydroxyl groups excluding tert-OH is 1. The highest BCUT2D eigenvalue weighted by molar-refractivity contribution is 7.89. The Morgan fingerprint density at radius 2 is 1.42 bits per heavy atom. The van der Waals surface area contributed by atoms with Crippen LogP contribution < -0.4 is 10.0 Å². The lowest BCUT2D eigenvalue weighted by Crippen LogP contribution is -2.47. The van der Waals surface area contributed by atoms with Crippen molar-refractivity contribution < 1.29 is 27.8 Å². The number of aryl methyl sites for hydroxylation is 1. The van der Waals surface area contributed by atoms with Crippen molar-refractivity contribution in [1.29, 1.82) is 0 Å². The van der Waals surface area contributed by atoms with Crippen LogP contribution in [0.3, 0.4) is 0 Å². The molecular weight excluding hydrogens is 819 g/mol. The number of aliphatic hydroxyl groups is 1. The van der Waals surface area contributed by atoms with Crippen LogP contribution in [0, 0.1) is 6.92 Å². The lowest BCUT2D eigenvalue weighted by atomic mass is 9.97. The molecule has 7 aromatic rings. The van der Waals surface area contributed by atoms with Crippen molar-refractivity contribution in [1.82, 2.24) is 14.9 Å². The van der Waals surface area contributed by atoms with E-state index in [9.17, 15) is 18.3 Å². The number of benzene rings is 7. The second-order valence-corrected chi connectivity index (χ2v) is 18.5. The molecule has 0 unspecified atom stereocenters. The lowest BCUT2D eigenvalue weighted by Gasteiger charge is -2.39. The lowest BCUT2D eigenvalue weighted by molar-refractivity contribution is -0.253. The van der Waals surface area contributed by atoms with Crippen LogP contribution in [0.4, 0.5) is 0 Å². The van der Waals surface area contributed by atoms with Gasteiger partial charge < -0.3 is 19.9 Å². The molecule has 1 heterocycles. The van der Waals surface area contributed by atoms with E-state index in [-0.39, 0.29) is 42.7 Å². The molecule has 9 nitrogen and oxygen atoms in total. The fraction of sp³-hybridized carbons (Fsp3) is 0.241. The number of carbonyl (C=O) groups excluding carboxylic acids is 1. The van der Waals surface area contributed by atoms with E-state index in [2.05, 4.69) is 71.4 Å². The van der Waals surface area contributed by atoms with Crippen molar-refractivity contribution in [3.05, 3.63) is 209 Å². The monoisotopic (exact) mass is 873 g/mol. The summed E-state index contributed by atoms with van der Waals surface area (Å²) in [6.07, 6.45) is -0.135. The maximum absolute atomic E-state index is 13.9. The van der Waals surface area contributed by atoms with Crippen molar-refractivity contribution in [3.63, 3.8) is 0 Å². The van der Waals surface area contributed by atoms with Crippen LogP contribution in [-0.2, 0) is 43.9 Å². The largest absolute Gasteiger partial charge is 0.392 e. The predicted octanol–water partition coefficient (Wildman–Crippen LogP) is 9.75. The van der Waals surface area contributed by atoms with Gasteiger partial charge in [-0.05, 0) is 95.2 Å². The van der Waals surface area contributed by atoms with Gasteiger partial charge in [0.1, 0.15) is 6.04 Å². The quantitative estimate of drug-likeness (QED) is 0.0886. The maximum atomic E-state index is 13.9. The first-order chi connectivity index (χ1) is 31.0. The van der Waals surface area contributed by atoms with Gasteiger partial charge in [0.25, 0.3) is 0 Å². The van der Waals surface area contributed by atoms with Crippen molar-refractivity contribution in [2.24, 2.45) is 0 Å². The topological polar surface area (TPSA) is 117 Å². The number of fused-ring (bicyclic) bond motifs is 1. The molecule has 5 atom stereocenters. The van der Waals surface area contributed by atoms with Crippen LogP contribution in [0.2, 0.25) is 0 Å². The van der Waals surface area contributed by atoms with Crippen LogP contribution in [0.25, 0.3) is 21.9 Å². The standard InChI is InChI=1S/C54H55N3O6S/c1-37-17-29-49(30-18-37)64(60,61)56-51(31-39-11-5-4-6-12-39)53(59)55-34-47-15-9-10-16-50(47)42-24-26-44(27-25-42)54-62-48(33-52(63-54)43-21-19-40(36-58)20-22-43)35-57(3)38(2)45-28-23-41-13-7-8-14-46(41)32-45/h4-30,32,38,48,51-52,54,56,58H,31,33-36H2,1-3H3,(H,55,59)/t38-,48-,51-,52+,54+/m1/s1. The average Bonchev–Trinajstić information content (AvgIpc) is 3.33. The molecule has 1 fully saturated rings. The molecule has 0 bridgehead atoms. The summed E-state index contributed by atoms with van der Waals surface area (Å²) < 4.78 is 43.1. The van der Waals surface area contributed by atoms with Crippen molar-refractivity contribution in [3.8, 4) is 11.1 Å². The Balaban J connectivity index is 0.983. The molecule has 64 heavy (non-hydrogen) atoms. The number of amides is 1. The van der Waals surface area contributed by atoms with E-state index < -0.39 is 28.3 Å². The number of nitrogens with one attached hydrogen (secondary N) is 2. The molecule has 1 aliphatic heterocycles. The van der Waals surface area contributed by atoms with Crippen molar-refractivity contribution in [2.45, 2.75) is 75.3 Å². The zero-order valence-electron chi connectivity index (χ0n) is 36.4. The van der Waals surface area contributed by atoms with Gasteiger partial charge in [0.15, 0.2) is 6.29 Å². The molecule has 1 aliphatic rings. The minimum atomic E-state index is -3.99.